The van der Waals surface area contributed by atoms with Crippen LogP contribution < -0.4 is 4.74 Å². The van der Waals surface area contributed by atoms with Gasteiger partial charge >= 0.3 is 0 Å². The van der Waals surface area contributed by atoms with Crippen molar-refractivity contribution in [3.63, 3.8) is 0 Å². The summed E-state index contributed by atoms with van der Waals surface area (Å²) in [5.41, 5.74) is 3.53. The van der Waals surface area contributed by atoms with Crippen molar-refractivity contribution in [2.24, 2.45) is 0 Å². The van der Waals surface area contributed by atoms with E-state index >= 15 is 0 Å². The summed E-state index contributed by atoms with van der Waals surface area (Å²) in [5, 5.41) is 10.6. The van der Waals surface area contributed by atoms with E-state index in [0.717, 1.165) is 23.3 Å². The zero-order chi connectivity index (χ0) is 24.0. The monoisotopic (exact) mass is 463 g/mol. The second-order valence-corrected chi connectivity index (χ2v) is 8.62. The van der Waals surface area contributed by atoms with E-state index in [-0.39, 0.29) is 41.8 Å². The van der Waals surface area contributed by atoms with Gasteiger partial charge in [0.25, 0.3) is 5.88 Å². The summed E-state index contributed by atoms with van der Waals surface area (Å²) >= 11 is 0. The number of nitrogens with zero attached hydrogens (tertiary/aromatic N) is 3. The molecule has 0 saturated carbocycles. The molecule has 2 aromatic heterocycles. The first kappa shape index (κ1) is 22.2. The fourth-order valence-electron chi connectivity index (χ4n) is 4.69. The van der Waals surface area contributed by atoms with Crippen molar-refractivity contribution >= 4 is 11.4 Å². The lowest BCUT2D eigenvalue weighted by atomic mass is 9.93. The molecular weight excluding hydrogens is 440 g/mol. The van der Waals surface area contributed by atoms with Gasteiger partial charge in [0.05, 0.1) is 23.1 Å². The van der Waals surface area contributed by atoms with Gasteiger partial charge in [-0.25, -0.2) is 18.7 Å². The maximum absolute atomic E-state index is 14.0. The third-order valence-electron chi connectivity index (χ3n) is 6.30. The van der Waals surface area contributed by atoms with E-state index in [9.17, 15) is 18.7 Å². The van der Waals surface area contributed by atoms with Crippen molar-refractivity contribution in [2.75, 3.05) is 0 Å². The topological polar surface area (TPSA) is 76.7 Å². The molecule has 34 heavy (non-hydrogen) atoms. The average molecular weight is 463 g/mol. The molecule has 8 heteroatoms. The lowest BCUT2D eigenvalue weighted by molar-refractivity contribution is 0.0915. The van der Waals surface area contributed by atoms with Crippen molar-refractivity contribution in [1.82, 2.24) is 14.4 Å². The number of rotatable bonds is 6. The Morgan fingerprint density at radius 1 is 1.12 bits per heavy atom. The van der Waals surface area contributed by atoms with Crippen LogP contribution in [0.3, 0.4) is 0 Å². The van der Waals surface area contributed by atoms with E-state index in [0.29, 0.717) is 23.5 Å². The zero-order valence-electron chi connectivity index (χ0n) is 18.8. The molecule has 0 spiro atoms. The van der Waals surface area contributed by atoms with Crippen LogP contribution in [-0.2, 0) is 13.0 Å². The van der Waals surface area contributed by atoms with Gasteiger partial charge < -0.3 is 9.84 Å². The third kappa shape index (κ3) is 3.84. The van der Waals surface area contributed by atoms with Crippen LogP contribution in [-0.4, -0.2) is 31.4 Å². The van der Waals surface area contributed by atoms with Gasteiger partial charge in [0, 0.05) is 18.5 Å². The van der Waals surface area contributed by atoms with Crippen molar-refractivity contribution in [3.8, 4) is 5.88 Å². The minimum Gasteiger partial charge on any atom is -0.470 e. The Labute approximate surface area is 194 Å². The first-order chi connectivity index (χ1) is 16.3. The minimum atomic E-state index is -0.713. The van der Waals surface area contributed by atoms with Crippen LogP contribution in [0.1, 0.15) is 50.9 Å². The van der Waals surface area contributed by atoms with Crippen molar-refractivity contribution in [2.45, 2.75) is 45.3 Å². The summed E-state index contributed by atoms with van der Waals surface area (Å²) in [6.07, 6.45) is 1.70. The molecule has 0 aliphatic heterocycles. The van der Waals surface area contributed by atoms with E-state index in [1.807, 2.05) is 24.3 Å². The number of aryl methyl sites for hydroxylation is 2. The van der Waals surface area contributed by atoms with Crippen LogP contribution in [0.5, 0.6) is 5.88 Å². The average Bonchev–Trinajstić information content (AvgIpc) is 3.29. The molecule has 0 fully saturated rings. The number of hydrogen-bond acceptors (Lipinski definition) is 5. The van der Waals surface area contributed by atoms with E-state index in [1.54, 1.807) is 24.4 Å². The Bertz CT molecular complexity index is 1400. The van der Waals surface area contributed by atoms with Crippen LogP contribution in [0, 0.1) is 25.5 Å². The fourth-order valence-corrected chi connectivity index (χ4v) is 4.69. The van der Waals surface area contributed by atoms with Gasteiger partial charge in [-0.1, -0.05) is 30.3 Å². The molecule has 0 bridgehead atoms. The highest BCUT2D eigenvalue weighted by molar-refractivity contribution is 5.97. The van der Waals surface area contributed by atoms with Gasteiger partial charge in [0.1, 0.15) is 23.9 Å². The molecule has 2 atom stereocenters. The molecule has 6 nitrogen and oxygen atoms in total. The molecule has 4 aromatic rings. The highest BCUT2D eigenvalue weighted by Crippen LogP contribution is 2.37. The summed E-state index contributed by atoms with van der Waals surface area (Å²) in [6, 6.07) is 11.4. The predicted octanol–water partition coefficient (Wildman–Crippen LogP) is 4.48. The first-order valence-corrected chi connectivity index (χ1v) is 11.0. The molecule has 1 aliphatic carbocycles. The Morgan fingerprint density at radius 2 is 1.85 bits per heavy atom. The normalized spacial score (nSPS) is 17.2. The van der Waals surface area contributed by atoms with Gasteiger partial charge in [0.2, 0.25) is 5.65 Å². The van der Waals surface area contributed by atoms with Gasteiger partial charge in [-0.3, -0.25) is 9.20 Å². The summed E-state index contributed by atoms with van der Waals surface area (Å²) in [5.74, 6) is -1.81. The summed E-state index contributed by atoms with van der Waals surface area (Å²) < 4.78 is 35.3. The SMILES string of the molecule is Cc1cn2c(C(=O)CC3c4ccccc4CC3O)c(C)nc2c(OCc2c(F)cccc2F)n1. The Balaban J connectivity index is 1.47. The molecule has 0 amide bonds. The number of carbonyl (C=O) groups is 1. The number of aliphatic hydroxyl groups excluding tert-OH is 1. The van der Waals surface area contributed by atoms with Crippen molar-refractivity contribution in [1.29, 1.82) is 0 Å². The van der Waals surface area contributed by atoms with E-state index in [2.05, 4.69) is 9.97 Å². The molecule has 1 aliphatic rings. The van der Waals surface area contributed by atoms with Gasteiger partial charge in [0.15, 0.2) is 5.78 Å². The number of ketones is 1. The standard InChI is InChI=1S/C26H23F2N3O3/c1-14-12-31-24(23(33)11-18-17-7-4-3-6-16(17)10-22(18)32)15(2)30-25(31)26(29-14)34-13-19-20(27)8-5-9-21(19)28/h3-9,12,18,22,32H,10-11,13H2,1-2H3. The minimum absolute atomic E-state index is 0.0797. The van der Waals surface area contributed by atoms with Crippen LogP contribution in [0.4, 0.5) is 8.78 Å². The molecular formula is C26H23F2N3O3. The molecule has 1 N–H and O–H groups in total. The maximum atomic E-state index is 14.0. The van der Waals surface area contributed by atoms with Crippen LogP contribution in [0.2, 0.25) is 0 Å². The van der Waals surface area contributed by atoms with E-state index < -0.39 is 17.7 Å². The zero-order valence-corrected chi connectivity index (χ0v) is 18.8. The molecule has 5 rings (SSSR count). The summed E-state index contributed by atoms with van der Waals surface area (Å²) in [4.78, 5) is 22.2. The Hall–Kier alpha value is -3.65. The predicted molar refractivity (Wildman–Crippen MR) is 121 cm³/mol. The van der Waals surface area contributed by atoms with Crippen molar-refractivity contribution < 1.29 is 23.4 Å². The quantitative estimate of drug-likeness (QED) is 0.427. The van der Waals surface area contributed by atoms with Crippen LogP contribution in [0.25, 0.3) is 5.65 Å². The lowest BCUT2D eigenvalue weighted by Gasteiger charge is -2.15. The highest BCUT2D eigenvalue weighted by Gasteiger charge is 2.34. The molecule has 2 unspecified atom stereocenters. The fraction of sp³-hybridized carbons (Fsp3) is 0.269. The number of carbonyl (C=O) groups excluding carboxylic acids is 1. The highest BCUT2D eigenvalue weighted by atomic mass is 19.1. The first-order valence-electron chi connectivity index (χ1n) is 11.0. The summed E-state index contributed by atoms with van der Waals surface area (Å²) in [6.45, 7) is 3.08. The molecule has 0 saturated heterocycles. The third-order valence-corrected chi connectivity index (χ3v) is 6.30. The van der Waals surface area contributed by atoms with E-state index in [4.69, 9.17) is 4.74 Å². The number of aliphatic hydroxyl groups is 1. The molecule has 174 valence electrons. The number of ether oxygens (including phenoxy) is 1. The van der Waals surface area contributed by atoms with Crippen LogP contribution >= 0.6 is 0 Å². The number of fused-ring (bicyclic) bond motifs is 2. The summed E-state index contributed by atoms with van der Waals surface area (Å²) in [7, 11) is 0. The number of halogens is 2. The second kappa shape index (κ2) is 8.61. The smallest absolute Gasteiger partial charge is 0.258 e. The largest absolute Gasteiger partial charge is 0.470 e. The van der Waals surface area contributed by atoms with Crippen molar-refractivity contribution in [3.05, 3.63) is 94.1 Å². The molecule has 0 radical (unpaired) electrons. The number of imidazole rings is 1. The maximum Gasteiger partial charge on any atom is 0.258 e. The number of hydrogen-bond donors (Lipinski definition) is 1. The van der Waals surface area contributed by atoms with Gasteiger partial charge in [-0.15, -0.1) is 0 Å². The molecule has 2 heterocycles. The Kier molecular flexibility index (Phi) is 5.61. The molecule has 2 aromatic carbocycles. The van der Waals surface area contributed by atoms with Crippen LogP contribution in [0.15, 0.2) is 48.7 Å². The second-order valence-electron chi connectivity index (χ2n) is 8.62. The lowest BCUT2D eigenvalue weighted by Crippen LogP contribution is -2.18. The van der Waals surface area contributed by atoms with Gasteiger partial charge in [-0.2, -0.15) is 0 Å². The van der Waals surface area contributed by atoms with Gasteiger partial charge in [-0.05, 0) is 43.5 Å². The number of aromatic nitrogens is 3. The number of benzene rings is 2. The number of Topliss-reactive ketones (excluding diaryl/α,β-unsaturated/α-hetero) is 1. The Morgan fingerprint density at radius 3 is 2.62 bits per heavy atom. The van der Waals surface area contributed by atoms with E-state index in [1.165, 1.54) is 6.07 Å².